The number of benzene rings is 1. The van der Waals surface area contributed by atoms with Crippen LogP contribution in [-0.2, 0) is 16.4 Å². The fraction of sp³-hybridized carbons (Fsp3) is 0.250. The number of sulfonamides is 1. The molecule has 0 radical (unpaired) electrons. The van der Waals surface area contributed by atoms with Crippen LogP contribution < -0.4 is 4.31 Å². The largest absolute Gasteiger partial charge is 0.360 e. The second-order valence-corrected chi connectivity index (χ2v) is 8.02. The third-order valence-electron chi connectivity index (χ3n) is 4.17. The number of halogens is 1. The predicted molar refractivity (Wildman–Crippen MR) is 91.0 cm³/mol. The lowest BCUT2D eigenvalue weighted by Gasteiger charge is -2.18. The molecule has 0 unspecified atom stereocenters. The van der Waals surface area contributed by atoms with Gasteiger partial charge in [-0.2, -0.15) is 0 Å². The van der Waals surface area contributed by atoms with Gasteiger partial charge in [0.15, 0.2) is 10.7 Å². The van der Waals surface area contributed by atoms with Crippen molar-refractivity contribution in [2.45, 2.75) is 25.2 Å². The lowest BCUT2D eigenvalue weighted by atomic mass is 10.1. The predicted octanol–water partition coefficient (Wildman–Crippen LogP) is 3.24. The molecule has 4 rings (SSSR count). The molecular formula is C16H14ClN3O3S. The Labute approximate surface area is 144 Å². The summed E-state index contributed by atoms with van der Waals surface area (Å²) in [5, 5.41) is 5.28. The molecule has 0 aliphatic carbocycles. The number of rotatable bonds is 2. The molecule has 3 heterocycles. The van der Waals surface area contributed by atoms with Crippen LogP contribution in [0.1, 0.15) is 17.0 Å². The van der Waals surface area contributed by atoms with Gasteiger partial charge in [0.1, 0.15) is 11.5 Å². The Kier molecular flexibility index (Phi) is 3.33. The molecule has 1 aliphatic rings. The van der Waals surface area contributed by atoms with E-state index in [1.54, 1.807) is 26.0 Å². The monoisotopic (exact) mass is 363 g/mol. The van der Waals surface area contributed by atoms with Crippen LogP contribution >= 0.6 is 11.6 Å². The quantitative estimate of drug-likeness (QED) is 0.698. The van der Waals surface area contributed by atoms with E-state index in [0.717, 1.165) is 10.9 Å². The van der Waals surface area contributed by atoms with Crippen LogP contribution in [0, 0.1) is 13.8 Å². The molecule has 3 aromatic rings. The van der Waals surface area contributed by atoms with E-state index in [9.17, 15) is 8.42 Å². The van der Waals surface area contributed by atoms with Gasteiger partial charge in [-0.15, -0.1) is 0 Å². The van der Waals surface area contributed by atoms with E-state index >= 15 is 0 Å². The highest BCUT2D eigenvalue weighted by Crippen LogP contribution is 2.35. The number of aromatic nitrogens is 2. The van der Waals surface area contributed by atoms with Crippen LogP contribution in [0.3, 0.4) is 0 Å². The van der Waals surface area contributed by atoms with Crippen molar-refractivity contribution in [2.75, 3.05) is 10.8 Å². The summed E-state index contributed by atoms with van der Waals surface area (Å²) in [7, 11) is -3.76. The van der Waals surface area contributed by atoms with E-state index in [2.05, 4.69) is 10.1 Å². The van der Waals surface area contributed by atoms with Crippen LogP contribution in [0.15, 0.2) is 33.7 Å². The van der Waals surface area contributed by atoms with Gasteiger partial charge in [-0.05, 0) is 50.1 Å². The summed E-state index contributed by atoms with van der Waals surface area (Å²) in [5.74, 6) is 0.748. The molecule has 0 spiro atoms. The van der Waals surface area contributed by atoms with Gasteiger partial charge in [-0.1, -0.05) is 16.8 Å². The molecule has 0 fully saturated rings. The van der Waals surface area contributed by atoms with Crippen molar-refractivity contribution in [3.8, 4) is 0 Å². The zero-order valence-corrected chi connectivity index (χ0v) is 14.6. The van der Waals surface area contributed by atoms with E-state index < -0.39 is 10.0 Å². The van der Waals surface area contributed by atoms with Gasteiger partial charge in [0.2, 0.25) is 0 Å². The first-order valence-electron chi connectivity index (χ1n) is 7.43. The van der Waals surface area contributed by atoms with Gasteiger partial charge < -0.3 is 4.52 Å². The second-order valence-electron chi connectivity index (χ2n) is 5.79. The lowest BCUT2D eigenvalue weighted by molar-refractivity contribution is 0.390. The number of hydrogen-bond donors (Lipinski definition) is 0. The van der Waals surface area contributed by atoms with Gasteiger partial charge >= 0.3 is 0 Å². The number of nitrogens with zero attached hydrogens (tertiary/aromatic N) is 3. The van der Waals surface area contributed by atoms with E-state index in [1.165, 1.54) is 4.31 Å². The van der Waals surface area contributed by atoms with Crippen molar-refractivity contribution >= 4 is 38.3 Å². The smallest absolute Gasteiger partial charge is 0.270 e. The standard InChI is InChI=1S/C16H14ClN3O3S/c1-9-15(10(2)23-19-9)24(21,22)20-6-5-11-7-12-8-13(17)3-4-14(12)18-16(11)20/h3-4,7-8H,5-6H2,1-2H3. The molecule has 1 aliphatic heterocycles. The number of aryl methyl sites for hydroxylation is 2. The topological polar surface area (TPSA) is 76.3 Å². The van der Waals surface area contributed by atoms with Gasteiger partial charge in [0.05, 0.1) is 5.52 Å². The number of fused-ring (bicyclic) bond motifs is 2. The fourth-order valence-corrected chi connectivity index (χ4v) is 5.03. The highest BCUT2D eigenvalue weighted by Gasteiger charge is 2.36. The van der Waals surface area contributed by atoms with Crippen molar-refractivity contribution in [1.29, 1.82) is 0 Å². The molecule has 0 bridgehead atoms. The average Bonchev–Trinajstić information content (AvgIpc) is 3.08. The first kappa shape index (κ1) is 15.4. The van der Waals surface area contributed by atoms with Crippen molar-refractivity contribution in [3.63, 3.8) is 0 Å². The van der Waals surface area contributed by atoms with E-state index in [1.807, 2.05) is 12.1 Å². The van der Waals surface area contributed by atoms with Gasteiger partial charge in [0.25, 0.3) is 10.0 Å². The highest BCUT2D eigenvalue weighted by molar-refractivity contribution is 7.93. The molecule has 6 nitrogen and oxygen atoms in total. The van der Waals surface area contributed by atoms with Crippen molar-refractivity contribution in [3.05, 3.63) is 46.3 Å². The van der Waals surface area contributed by atoms with E-state index in [-0.39, 0.29) is 10.7 Å². The molecule has 0 saturated carbocycles. The normalized spacial score (nSPS) is 14.4. The SMILES string of the molecule is Cc1noc(C)c1S(=O)(=O)N1CCc2cc3cc(Cl)ccc3nc21. The third kappa shape index (κ3) is 2.19. The molecule has 1 aromatic carbocycles. The molecule has 24 heavy (non-hydrogen) atoms. The number of hydrogen-bond acceptors (Lipinski definition) is 5. The Morgan fingerprint density at radius 2 is 2.04 bits per heavy atom. The maximum atomic E-state index is 13.1. The molecular weight excluding hydrogens is 350 g/mol. The summed E-state index contributed by atoms with van der Waals surface area (Å²) in [5.41, 5.74) is 1.95. The molecule has 2 aromatic heterocycles. The van der Waals surface area contributed by atoms with Crippen LogP contribution in [0.4, 0.5) is 5.82 Å². The molecule has 0 saturated heterocycles. The van der Waals surface area contributed by atoms with E-state index in [4.69, 9.17) is 16.1 Å². The Balaban J connectivity index is 1.88. The first-order valence-corrected chi connectivity index (χ1v) is 9.24. The maximum Gasteiger partial charge on any atom is 0.270 e. The van der Waals surface area contributed by atoms with Crippen LogP contribution in [0.2, 0.25) is 5.02 Å². The van der Waals surface area contributed by atoms with Gasteiger partial charge in [0, 0.05) is 17.0 Å². The Hall–Kier alpha value is -2.12. The fourth-order valence-electron chi connectivity index (χ4n) is 3.10. The van der Waals surface area contributed by atoms with Crippen LogP contribution in [0.5, 0.6) is 0 Å². The zero-order valence-electron chi connectivity index (χ0n) is 13.1. The van der Waals surface area contributed by atoms with Crippen molar-refractivity contribution < 1.29 is 12.9 Å². The molecule has 124 valence electrons. The van der Waals surface area contributed by atoms with Crippen LogP contribution in [-0.4, -0.2) is 25.1 Å². The summed E-state index contributed by atoms with van der Waals surface area (Å²) in [4.78, 5) is 4.67. The van der Waals surface area contributed by atoms with Gasteiger partial charge in [-0.25, -0.2) is 17.7 Å². The minimum Gasteiger partial charge on any atom is -0.360 e. The zero-order chi connectivity index (χ0) is 17.1. The van der Waals surface area contributed by atoms with Gasteiger partial charge in [-0.3, -0.25) is 0 Å². The minimum atomic E-state index is -3.76. The minimum absolute atomic E-state index is 0.119. The maximum absolute atomic E-state index is 13.1. The Morgan fingerprint density at radius 3 is 2.75 bits per heavy atom. The molecule has 0 N–H and O–H groups in total. The van der Waals surface area contributed by atoms with Crippen molar-refractivity contribution in [2.24, 2.45) is 0 Å². The molecule has 8 heteroatoms. The second kappa shape index (κ2) is 5.19. The summed E-state index contributed by atoms with van der Waals surface area (Å²) >= 11 is 6.02. The first-order chi connectivity index (χ1) is 11.4. The van der Waals surface area contributed by atoms with Crippen LogP contribution in [0.25, 0.3) is 10.9 Å². The third-order valence-corrected chi connectivity index (χ3v) is 6.44. The number of pyridine rings is 1. The number of anilines is 1. The highest BCUT2D eigenvalue weighted by atomic mass is 35.5. The summed E-state index contributed by atoms with van der Waals surface area (Å²) in [6.45, 7) is 3.56. The summed E-state index contributed by atoms with van der Waals surface area (Å²) in [6.07, 6.45) is 0.605. The molecule has 0 atom stereocenters. The Morgan fingerprint density at radius 1 is 1.25 bits per heavy atom. The lowest BCUT2D eigenvalue weighted by Crippen LogP contribution is -2.30. The molecule has 0 amide bonds. The summed E-state index contributed by atoms with van der Waals surface area (Å²) in [6, 6.07) is 7.31. The summed E-state index contributed by atoms with van der Waals surface area (Å²) < 4.78 is 32.5. The Bertz CT molecular complexity index is 1060. The van der Waals surface area contributed by atoms with Crippen molar-refractivity contribution in [1.82, 2.24) is 10.1 Å². The average molecular weight is 364 g/mol. The van der Waals surface area contributed by atoms with E-state index in [0.29, 0.717) is 35.0 Å².